The molecule has 0 bridgehead atoms. The first-order valence-corrected chi connectivity index (χ1v) is 7.87. The Labute approximate surface area is 149 Å². The van der Waals surface area contributed by atoms with Gasteiger partial charge in [-0.25, -0.2) is 5.43 Å². The van der Waals surface area contributed by atoms with E-state index in [2.05, 4.69) is 15.8 Å². The lowest BCUT2D eigenvalue weighted by atomic mass is 10.0. The van der Waals surface area contributed by atoms with Gasteiger partial charge in [-0.15, -0.1) is 0 Å². The van der Waals surface area contributed by atoms with E-state index in [1.807, 2.05) is 37.3 Å². The molecule has 0 saturated carbocycles. The van der Waals surface area contributed by atoms with Gasteiger partial charge in [-0.05, 0) is 23.8 Å². The number of benzene rings is 2. The molecule has 0 spiro atoms. The monoisotopic (exact) mass is 363 g/mol. The molecule has 0 heterocycles. The third-order valence-corrected chi connectivity index (χ3v) is 3.91. The number of carbonyl (C=O) groups excluding carboxylic acids is 2. The second kappa shape index (κ2) is 8.47. The van der Waals surface area contributed by atoms with E-state index in [0.717, 1.165) is 5.56 Å². The van der Waals surface area contributed by atoms with Crippen molar-refractivity contribution in [2.45, 2.75) is 12.8 Å². The van der Waals surface area contributed by atoms with Gasteiger partial charge in [-0.1, -0.05) is 60.5 Å². The normalized spacial score (nSPS) is 12.0. The molecule has 2 aromatic rings. The van der Waals surface area contributed by atoms with Crippen molar-refractivity contribution < 1.29 is 9.59 Å². The van der Waals surface area contributed by atoms with Crippen LogP contribution in [0.5, 0.6) is 0 Å². The lowest BCUT2D eigenvalue weighted by Crippen LogP contribution is -2.32. The summed E-state index contributed by atoms with van der Waals surface area (Å²) in [5, 5.41) is 6.86. The van der Waals surface area contributed by atoms with E-state index in [9.17, 15) is 9.59 Å². The van der Waals surface area contributed by atoms with Crippen molar-refractivity contribution in [3.8, 4) is 0 Å². The Hall–Kier alpha value is -2.37. The molecule has 2 aromatic carbocycles. The van der Waals surface area contributed by atoms with Gasteiger partial charge in [0.1, 0.15) is 0 Å². The average Bonchev–Trinajstić information content (AvgIpc) is 2.58. The second-order valence-electron chi connectivity index (χ2n) is 5.00. The van der Waals surface area contributed by atoms with Crippen molar-refractivity contribution in [1.82, 2.24) is 5.43 Å². The van der Waals surface area contributed by atoms with E-state index >= 15 is 0 Å². The quantitative estimate of drug-likeness (QED) is 0.492. The van der Waals surface area contributed by atoms with E-state index in [4.69, 9.17) is 23.2 Å². The maximum atomic E-state index is 11.8. The summed E-state index contributed by atoms with van der Waals surface area (Å²) in [6.45, 7) is 1.93. The maximum Gasteiger partial charge on any atom is 0.329 e. The zero-order valence-electron chi connectivity index (χ0n) is 12.8. The minimum atomic E-state index is -0.877. The summed E-state index contributed by atoms with van der Waals surface area (Å²) < 4.78 is 0. The predicted octanol–water partition coefficient (Wildman–Crippen LogP) is 3.84. The van der Waals surface area contributed by atoms with E-state index in [1.165, 1.54) is 12.1 Å². The standard InChI is InChI=1S/C17H15Cl2N3O2/c1-11(12-5-3-2-4-6-12)10-20-22-17(24)16(23)21-13-7-8-14(18)15(19)9-13/h2-11H,1H3,(H,21,23)(H,22,24). The number of hydrogen-bond acceptors (Lipinski definition) is 3. The minimum absolute atomic E-state index is 0.00429. The Bertz CT molecular complexity index is 764. The average molecular weight is 364 g/mol. The summed E-state index contributed by atoms with van der Waals surface area (Å²) in [7, 11) is 0. The van der Waals surface area contributed by atoms with Gasteiger partial charge in [0.15, 0.2) is 0 Å². The minimum Gasteiger partial charge on any atom is -0.318 e. The fraction of sp³-hybridized carbons (Fsp3) is 0.118. The van der Waals surface area contributed by atoms with Gasteiger partial charge in [0.05, 0.1) is 10.0 Å². The van der Waals surface area contributed by atoms with Crippen molar-refractivity contribution in [3.63, 3.8) is 0 Å². The van der Waals surface area contributed by atoms with Crippen LogP contribution in [-0.4, -0.2) is 18.0 Å². The Morgan fingerprint density at radius 3 is 2.42 bits per heavy atom. The highest BCUT2D eigenvalue weighted by Gasteiger charge is 2.13. The van der Waals surface area contributed by atoms with Crippen LogP contribution in [0, 0.1) is 0 Å². The Balaban J connectivity index is 1.88. The number of hydrogen-bond donors (Lipinski definition) is 2. The molecular weight excluding hydrogens is 349 g/mol. The molecule has 1 unspecified atom stereocenters. The van der Waals surface area contributed by atoms with Crippen molar-refractivity contribution in [2.75, 3.05) is 5.32 Å². The van der Waals surface area contributed by atoms with Gasteiger partial charge in [0.2, 0.25) is 0 Å². The number of hydrazone groups is 1. The Morgan fingerprint density at radius 1 is 1.04 bits per heavy atom. The van der Waals surface area contributed by atoms with Crippen molar-refractivity contribution >= 4 is 46.9 Å². The molecular formula is C17H15Cl2N3O2. The summed E-state index contributed by atoms with van der Waals surface area (Å²) in [6, 6.07) is 14.2. The van der Waals surface area contributed by atoms with Crippen LogP contribution in [0.2, 0.25) is 10.0 Å². The van der Waals surface area contributed by atoms with Gasteiger partial charge >= 0.3 is 11.8 Å². The molecule has 2 N–H and O–H groups in total. The van der Waals surface area contributed by atoms with Crippen molar-refractivity contribution in [1.29, 1.82) is 0 Å². The Morgan fingerprint density at radius 2 is 1.75 bits per heavy atom. The number of amides is 2. The highest BCUT2D eigenvalue weighted by molar-refractivity contribution is 6.42. The van der Waals surface area contributed by atoms with Gasteiger partial charge in [-0.2, -0.15) is 5.10 Å². The molecule has 0 aromatic heterocycles. The molecule has 124 valence electrons. The zero-order valence-corrected chi connectivity index (χ0v) is 14.3. The Kier molecular flexibility index (Phi) is 6.35. The molecule has 24 heavy (non-hydrogen) atoms. The van der Waals surface area contributed by atoms with Gasteiger partial charge in [0, 0.05) is 17.8 Å². The first-order chi connectivity index (χ1) is 11.5. The first-order valence-electron chi connectivity index (χ1n) is 7.12. The fourth-order valence-electron chi connectivity index (χ4n) is 1.86. The van der Waals surface area contributed by atoms with Gasteiger partial charge in [0.25, 0.3) is 0 Å². The molecule has 7 heteroatoms. The number of carbonyl (C=O) groups is 2. The van der Waals surface area contributed by atoms with Crippen LogP contribution in [-0.2, 0) is 9.59 Å². The third-order valence-electron chi connectivity index (χ3n) is 3.17. The predicted molar refractivity (Wildman–Crippen MR) is 96.6 cm³/mol. The second-order valence-corrected chi connectivity index (χ2v) is 5.82. The number of anilines is 1. The van der Waals surface area contributed by atoms with E-state index in [0.29, 0.717) is 10.7 Å². The molecule has 0 saturated heterocycles. The summed E-state index contributed by atoms with van der Waals surface area (Å²) in [4.78, 5) is 23.5. The summed E-state index contributed by atoms with van der Waals surface area (Å²) in [6.07, 6.45) is 1.56. The van der Waals surface area contributed by atoms with E-state index in [1.54, 1.807) is 12.3 Å². The molecule has 0 fully saturated rings. The third kappa shape index (κ3) is 5.08. The van der Waals surface area contributed by atoms with Crippen LogP contribution in [0.1, 0.15) is 18.4 Å². The van der Waals surface area contributed by atoms with Crippen LogP contribution < -0.4 is 10.7 Å². The molecule has 0 radical (unpaired) electrons. The fourth-order valence-corrected chi connectivity index (χ4v) is 2.16. The topological polar surface area (TPSA) is 70.6 Å². The van der Waals surface area contributed by atoms with Crippen LogP contribution in [0.4, 0.5) is 5.69 Å². The van der Waals surface area contributed by atoms with Crippen LogP contribution >= 0.6 is 23.2 Å². The summed E-state index contributed by atoms with van der Waals surface area (Å²) in [5.41, 5.74) is 3.61. The highest BCUT2D eigenvalue weighted by Crippen LogP contribution is 2.24. The van der Waals surface area contributed by atoms with Crippen LogP contribution in [0.15, 0.2) is 53.6 Å². The maximum absolute atomic E-state index is 11.8. The van der Waals surface area contributed by atoms with E-state index in [-0.39, 0.29) is 10.9 Å². The van der Waals surface area contributed by atoms with Gasteiger partial charge in [-0.3, -0.25) is 9.59 Å². The number of nitrogens with zero attached hydrogens (tertiary/aromatic N) is 1. The molecule has 0 aliphatic rings. The SMILES string of the molecule is CC(C=NNC(=O)C(=O)Nc1ccc(Cl)c(Cl)c1)c1ccccc1. The van der Waals surface area contributed by atoms with Crippen molar-refractivity contribution in [3.05, 3.63) is 64.1 Å². The molecule has 2 rings (SSSR count). The smallest absolute Gasteiger partial charge is 0.318 e. The zero-order chi connectivity index (χ0) is 17.5. The molecule has 2 amide bonds. The molecule has 5 nitrogen and oxygen atoms in total. The lowest BCUT2D eigenvalue weighted by molar-refractivity contribution is -0.136. The summed E-state index contributed by atoms with van der Waals surface area (Å²) in [5.74, 6) is -1.72. The number of rotatable bonds is 4. The van der Waals surface area contributed by atoms with Crippen LogP contribution in [0.3, 0.4) is 0 Å². The lowest BCUT2D eigenvalue weighted by Gasteiger charge is -2.06. The molecule has 0 aliphatic heterocycles. The highest BCUT2D eigenvalue weighted by atomic mass is 35.5. The van der Waals surface area contributed by atoms with E-state index < -0.39 is 11.8 Å². The molecule has 0 aliphatic carbocycles. The number of halogens is 2. The first kappa shape index (κ1) is 18.0. The van der Waals surface area contributed by atoms with Gasteiger partial charge < -0.3 is 5.32 Å². The van der Waals surface area contributed by atoms with Crippen molar-refractivity contribution in [2.24, 2.45) is 5.10 Å². The molecule has 1 atom stereocenters. The number of nitrogens with one attached hydrogen (secondary N) is 2. The van der Waals surface area contributed by atoms with Crippen LogP contribution in [0.25, 0.3) is 0 Å². The largest absolute Gasteiger partial charge is 0.329 e. The summed E-state index contributed by atoms with van der Waals surface area (Å²) >= 11 is 11.6.